The maximum absolute atomic E-state index is 14.7. The van der Waals surface area contributed by atoms with Crippen molar-refractivity contribution in [3.63, 3.8) is 0 Å². The van der Waals surface area contributed by atoms with Crippen molar-refractivity contribution in [1.82, 2.24) is 15.1 Å². The summed E-state index contributed by atoms with van der Waals surface area (Å²) in [4.78, 5) is 2.51. The van der Waals surface area contributed by atoms with Crippen molar-refractivity contribution < 1.29 is 9.50 Å². The van der Waals surface area contributed by atoms with E-state index in [9.17, 15) is 9.50 Å². The summed E-state index contributed by atoms with van der Waals surface area (Å²) in [5.74, 6) is 0.834. The summed E-state index contributed by atoms with van der Waals surface area (Å²) in [6.45, 7) is 3.14. The van der Waals surface area contributed by atoms with Crippen LogP contribution in [0.4, 0.5) is 4.39 Å². The first-order valence-corrected chi connectivity index (χ1v) is 9.88. The highest BCUT2D eigenvalue weighted by molar-refractivity contribution is 5.62. The number of hydrogen-bond acceptors (Lipinski definition) is 3. The van der Waals surface area contributed by atoms with Crippen LogP contribution in [-0.4, -0.2) is 45.9 Å². The Bertz CT molecular complexity index is 710. The fourth-order valence-corrected chi connectivity index (χ4v) is 4.67. The van der Waals surface area contributed by atoms with Crippen LogP contribution in [-0.2, 0) is 0 Å². The fraction of sp³-hybridized carbons (Fsp3) is 0.571. The Kier molecular flexibility index (Phi) is 5.36. The minimum atomic E-state index is -0.103. The minimum absolute atomic E-state index is 0.0995. The van der Waals surface area contributed by atoms with E-state index in [4.69, 9.17) is 0 Å². The molecule has 0 spiro atoms. The summed E-state index contributed by atoms with van der Waals surface area (Å²) >= 11 is 0. The quantitative estimate of drug-likeness (QED) is 0.871. The average molecular weight is 357 g/mol. The zero-order valence-electron chi connectivity index (χ0n) is 15.2. The van der Waals surface area contributed by atoms with Crippen LogP contribution in [0.5, 0.6) is 0 Å². The molecule has 1 aliphatic heterocycles. The zero-order chi connectivity index (χ0) is 17.9. The van der Waals surface area contributed by atoms with Gasteiger partial charge in [0.05, 0.1) is 12.3 Å². The van der Waals surface area contributed by atoms with E-state index in [1.165, 1.54) is 6.42 Å². The topological polar surface area (TPSA) is 52.1 Å². The van der Waals surface area contributed by atoms with Gasteiger partial charge in [0.25, 0.3) is 0 Å². The predicted molar refractivity (Wildman–Crippen MR) is 100 cm³/mol. The average Bonchev–Trinajstić information content (AvgIpc) is 3.17. The van der Waals surface area contributed by atoms with Crippen molar-refractivity contribution in [1.29, 1.82) is 0 Å². The van der Waals surface area contributed by atoms with Crippen LogP contribution in [0.1, 0.15) is 50.0 Å². The third kappa shape index (κ3) is 3.99. The molecule has 1 aromatic carbocycles. The van der Waals surface area contributed by atoms with E-state index in [-0.39, 0.29) is 11.9 Å². The number of H-pyrrole nitrogens is 1. The van der Waals surface area contributed by atoms with Gasteiger partial charge in [0, 0.05) is 18.3 Å². The van der Waals surface area contributed by atoms with E-state index in [1.807, 2.05) is 12.1 Å². The molecule has 2 aromatic rings. The number of likely N-dealkylation sites (tertiary alicyclic amines) is 1. The van der Waals surface area contributed by atoms with E-state index in [1.54, 1.807) is 18.5 Å². The molecule has 2 atom stereocenters. The van der Waals surface area contributed by atoms with Gasteiger partial charge in [-0.25, -0.2) is 4.39 Å². The number of halogens is 1. The molecule has 26 heavy (non-hydrogen) atoms. The smallest absolute Gasteiger partial charge is 0.127 e. The number of aliphatic hydroxyl groups is 1. The molecule has 0 amide bonds. The van der Waals surface area contributed by atoms with Crippen LogP contribution in [0.2, 0.25) is 0 Å². The van der Waals surface area contributed by atoms with Crippen LogP contribution >= 0.6 is 0 Å². The number of aromatic amines is 1. The molecule has 2 heterocycles. The predicted octanol–water partition coefficient (Wildman–Crippen LogP) is 3.95. The Balaban J connectivity index is 1.34. The lowest BCUT2D eigenvalue weighted by atomic mass is 9.85. The van der Waals surface area contributed by atoms with Crippen LogP contribution in [0.3, 0.4) is 0 Å². The number of rotatable bonds is 4. The van der Waals surface area contributed by atoms with Crippen molar-refractivity contribution >= 4 is 0 Å². The molecule has 1 saturated carbocycles. The summed E-state index contributed by atoms with van der Waals surface area (Å²) in [6.07, 6.45) is 9.72. The number of nitrogens with zero attached hydrogens (tertiary/aromatic N) is 2. The summed E-state index contributed by atoms with van der Waals surface area (Å²) in [7, 11) is 0. The molecule has 5 heteroatoms. The Morgan fingerprint density at radius 2 is 2.00 bits per heavy atom. The second kappa shape index (κ2) is 7.89. The molecule has 2 N–H and O–H groups in total. The summed E-state index contributed by atoms with van der Waals surface area (Å²) < 4.78 is 14.7. The van der Waals surface area contributed by atoms with Gasteiger partial charge in [-0.3, -0.25) is 5.10 Å². The Morgan fingerprint density at radius 3 is 2.69 bits per heavy atom. The van der Waals surface area contributed by atoms with Gasteiger partial charge < -0.3 is 10.0 Å². The fourth-order valence-electron chi connectivity index (χ4n) is 4.67. The number of nitrogens with one attached hydrogen (secondary N) is 1. The number of piperidine rings is 1. The lowest BCUT2D eigenvalue weighted by Crippen LogP contribution is -2.38. The molecule has 2 fully saturated rings. The Hall–Kier alpha value is -1.72. The van der Waals surface area contributed by atoms with E-state index in [0.29, 0.717) is 11.8 Å². The van der Waals surface area contributed by atoms with Crippen molar-refractivity contribution in [2.45, 2.75) is 50.5 Å². The molecule has 1 aromatic heterocycles. The first kappa shape index (κ1) is 17.7. The van der Waals surface area contributed by atoms with Gasteiger partial charge in [0.15, 0.2) is 0 Å². The summed E-state index contributed by atoms with van der Waals surface area (Å²) in [5.41, 5.74) is 2.64. The van der Waals surface area contributed by atoms with Crippen LogP contribution in [0, 0.1) is 11.7 Å². The SMILES string of the molecule is OC1CCCC(CN2CCC(c3ccc(-c4cn[nH]c4)cc3F)CC2)C1. The number of hydrogen-bond donors (Lipinski definition) is 2. The number of aliphatic hydroxyl groups excluding tert-OH is 1. The molecular weight excluding hydrogens is 329 g/mol. The molecule has 140 valence electrons. The first-order chi connectivity index (χ1) is 12.7. The third-order valence-corrected chi connectivity index (χ3v) is 6.13. The molecule has 1 aliphatic carbocycles. The van der Waals surface area contributed by atoms with Gasteiger partial charge in [0.2, 0.25) is 0 Å². The maximum atomic E-state index is 14.7. The number of benzene rings is 1. The highest BCUT2D eigenvalue weighted by Gasteiger charge is 2.27. The minimum Gasteiger partial charge on any atom is -0.393 e. The number of aromatic nitrogens is 2. The third-order valence-electron chi connectivity index (χ3n) is 6.13. The van der Waals surface area contributed by atoms with Crippen LogP contribution in [0.25, 0.3) is 11.1 Å². The van der Waals surface area contributed by atoms with Gasteiger partial charge in [-0.15, -0.1) is 0 Å². The summed E-state index contributed by atoms with van der Waals surface area (Å²) in [5, 5.41) is 16.6. The maximum Gasteiger partial charge on any atom is 0.127 e. The monoisotopic (exact) mass is 357 g/mol. The highest BCUT2D eigenvalue weighted by atomic mass is 19.1. The zero-order valence-corrected chi connectivity index (χ0v) is 15.2. The standard InChI is InChI=1S/C21H28FN3O/c22-21-11-17(18-12-23-24-13-18)4-5-20(21)16-6-8-25(9-7-16)14-15-2-1-3-19(26)10-15/h4-5,11-13,15-16,19,26H,1-3,6-10,14H2,(H,23,24). The largest absolute Gasteiger partial charge is 0.393 e. The lowest BCUT2D eigenvalue weighted by molar-refractivity contribution is 0.0779. The van der Waals surface area contributed by atoms with Gasteiger partial charge in [0.1, 0.15) is 5.82 Å². The molecule has 0 radical (unpaired) electrons. The van der Waals surface area contributed by atoms with E-state index in [0.717, 1.165) is 68.4 Å². The van der Waals surface area contributed by atoms with Gasteiger partial charge in [-0.05, 0) is 74.2 Å². The summed E-state index contributed by atoms with van der Waals surface area (Å²) in [6, 6.07) is 5.59. The van der Waals surface area contributed by atoms with Crippen molar-refractivity contribution in [2.75, 3.05) is 19.6 Å². The van der Waals surface area contributed by atoms with Crippen LogP contribution < -0.4 is 0 Å². The first-order valence-electron chi connectivity index (χ1n) is 9.88. The Morgan fingerprint density at radius 1 is 1.15 bits per heavy atom. The molecule has 2 unspecified atom stereocenters. The Labute approximate surface area is 154 Å². The second-order valence-electron chi connectivity index (χ2n) is 7.98. The normalized spacial score (nSPS) is 25.5. The van der Waals surface area contributed by atoms with Crippen molar-refractivity contribution in [3.05, 3.63) is 42.0 Å². The van der Waals surface area contributed by atoms with E-state index in [2.05, 4.69) is 15.1 Å². The van der Waals surface area contributed by atoms with Crippen LogP contribution in [0.15, 0.2) is 30.6 Å². The molecule has 1 saturated heterocycles. The van der Waals surface area contributed by atoms with Crippen molar-refractivity contribution in [3.8, 4) is 11.1 Å². The highest BCUT2D eigenvalue weighted by Crippen LogP contribution is 2.33. The second-order valence-corrected chi connectivity index (χ2v) is 7.98. The van der Waals surface area contributed by atoms with Crippen molar-refractivity contribution in [2.24, 2.45) is 5.92 Å². The molecular formula is C21H28FN3O. The molecule has 4 nitrogen and oxygen atoms in total. The van der Waals surface area contributed by atoms with E-state index >= 15 is 0 Å². The van der Waals surface area contributed by atoms with Gasteiger partial charge in [-0.2, -0.15) is 5.10 Å². The van der Waals surface area contributed by atoms with Gasteiger partial charge in [-0.1, -0.05) is 18.6 Å². The molecule has 0 bridgehead atoms. The lowest BCUT2D eigenvalue weighted by Gasteiger charge is -2.36. The molecule has 4 rings (SSSR count). The molecule has 2 aliphatic rings. The van der Waals surface area contributed by atoms with E-state index < -0.39 is 0 Å². The van der Waals surface area contributed by atoms with Gasteiger partial charge >= 0.3 is 0 Å².